The Morgan fingerprint density at radius 1 is 1.44 bits per heavy atom. The molecule has 6 heteroatoms. The van der Waals surface area contributed by atoms with E-state index in [4.69, 9.17) is 16.3 Å². The van der Waals surface area contributed by atoms with Gasteiger partial charge in [0.15, 0.2) is 0 Å². The SMILES string of the molecule is NCCNOCNC(=O)c1cccc(N)c1. The quantitative estimate of drug-likeness (QED) is 0.224. The maximum absolute atomic E-state index is 11.5. The predicted molar refractivity (Wildman–Crippen MR) is 61.3 cm³/mol. The van der Waals surface area contributed by atoms with Crippen LogP contribution in [0.4, 0.5) is 5.69 Å². The number of hydrogen-bond acceptors (Lipinski definition) is 5. The van der Waals surface area contributed by atoms with Gasteiger partial charge < -0.3 is 16.8 Å². The molecule has 1 rings (SSSR count). The second-order valence-electron chi connectivity index (χ2n) is 3.10. The first kappa shape index (κ1) is 12.4. The highest BCUT2D eigenvalue weighted by Gasteiger charge is 2.04. The monoisotopic (exact) mass is 224 g/mol. The summed E-state index contributed by atoms with van der Waals surface area (Å²) in [6.07, 6.45) is 0. The number of nitrogens with two attached hydrogens (primary N) is 2. The molecular weight excluding hydrogens is 208 g/mol. The van der Waals surface area contributed by atoms with E-state index in [2.05, 4.69) is 10.8 Å². The second-order valence-corrected chi connectivity index (χ2v) is 3.10. The Labute approximate surface area is 93.9 Å². The number of benzene rings is 1. The molecule has 0 saturated heterocycles. The lowest BCUT2D eigenvalue weighted by Gasteiger charge is -2.06. The van der Waals surface area contributed by atoms with Crippen LogP contribution in [0.1, 0.15) is 10.4 Å². The minimum atomic E-state index is -0.234. The van der Waals surface area contributed by atoms with Gasteiger partial charge in [0.1, 0.15) is 6.73 Å². The molecule has 0 saturated carbocycles. The molecule has 1 amide bonds. The largest absolute Gasteiger partial charge is 0.399 e. The molecule has 0 unspecified atom stereocenters. The highest BCUT2D eigenvalue weighted by Crippen LogP contribution is 2.05. The van der Waals surface area contributed by atoms with Crippen LogP contribution in [0.3, 0.4) is 0 Å². The smallest absolute Gasteiger partial charge is 0.253 e. The molecule has 16 heavy (non-hydrogen) atoms. The molecule has 0 aliphatic heterocycles. The number of amides is 1. The van der Waals surface area contributed by atoms with Gasteiger partial charge in [-0.05, 0) is 18.2 Å². The average molecular weight is 224 g/mol. The second kappa shape index (κ2) is 6.78. The van der Waals surface area contributed by atoms with E-state index < -0.39 is 0 Å². The Morgan fingerprint density at radius 2 is 2.25 bits per heavy atom. The molecular formula is C10H16N4O2. The predicted octanol–water partition coefficient (Wildman–Crippen LogP) is -0.564. The molecule has 0 spiro atoms. The van der Waals surface area contributed by atoms with Crippen LogP contribution < -0.4 is 22.3 Å². The molecule has 0 bridgehead atoms. The van der Waals surface area contributed by atoms with Gasteiger partial charge >= 0.3 is 0 Å². The van der Waals surface area contributed by atoms with Crippen molar-refractivity contribution in [3.05, 3.63) is 29.8 Å². The van der Waals surface area contributed by atoms with E-state index >= 15 is 0 Å². The van der Waals surface area contributed by atoms with Gasteiger partial charge in [-0.1, -0.05) is 6.07 Å². The van der Waals surface area contributed by atoms with E-state index in [0.717, 1.165) is 0 Å². The summed E-state index contributed by atoms with van der Waals surface area (Å²) in [6.45, 7) is 1.09. The Balaban J connectivity index is 2.30. The number of carbonyl (C=O) groups excluding carboxylic acids is 1. The van der Waals surface area contributed by atoms with Crippen molar-refractivity contribution in [2.24, 2.45) is 5.73 Å². The summed E-state index contributed by atoms with van der Waals surface area (Å²) >= 11 is 0. The summed E-state index contributed by atoms with van der Waals surface area (Å²) in [5.74, 6) is -0.234. The van der Waals surface area contributed by atoms with Crippen molar-refractivity contribution in [3.63, 3.8) is 0 Å². The number of rotatable bonds is 6. The number of carbonyl (C=O) groups is 1. The van der Waals surface area contributed by atoms with Crippen molar-refractivity contribution < 1.29 is 9.63 Å². The summed E-state index contributed by atoms with van der Waals surface area (Å²) in [4.78, 5) is 16.4. The van der Waals surface area contributed by atoms with Crippen molar-refractivity contribution in [2.75, 3.05) is 25.6 Å². The first-order chi connectivity index (χ1) is 7.74. The van der Waals surface area contributed by atoms with Gasteiger partial charge in [-0.3, -0.25) is 9.63 Å². The zero-order valence-corrected chi connectivity index (χ0v) is 8.90. The molecule has 0 aliphatic carbocycles. The maximum atomic E-state index is 11.5. The van der Waals surface area contributed by atoms with Crippen LogP contribution in [0.15, 0.2) is 24.3 Å². The molecule has 0 heterocycles. The van der Waals surface area contributed by atoms with E-state index in [0.29, 0.717) is 24.3 Å². The number of anilines is 1. The fraction of sp³-hybridized carbons (Fsp3) is 0.300. The first-order valence-corrected chi connectivity index (χ1v) is 4.92. The summed E-state index contributed by atoms with van der Waals surface area (Å²) in [5, 5.41) is 2.57. The molecule has 88 valence electrons. The van der Waals surface area contributed by atoms with E-state index in [9.17, 15) is 4.79 Å². The Bertz CT molecular complexity index is 343. The normalized spacial score (nSPS) is 10.1. The molecule has 0 fully saturated rings. The number of nitrogen functional groups attached to an aromatic ring is 1. The van der Waals surface area contributed by atoms with E-state index in [1.165, 1.54) is 0 Å². The van der Waals surface area contributed by atoms with Gasteiger partial charge in [-0.15, -0.1) is 0 Å². The Kier molecular flexibility index (Phi) is 5.27. The van der Waals surface area contributed by atoms with Crippen LogP contribution in [0, 0.1) is 0 Å². The highest BCUT2D eigenvalue weighted by atomic mass is 16.7. The van der Waals surface area contributed by atoms with Gasteiger partial charge in [0.05, 0.1) is 0 Å². The van der Waals surface area contributed by atoms with Gasteiger partial charge in [-0.2, -0.15) is 5.48 Å². The standard InChI is InChI=1S/C10H16N4O2/c11-4-5-14-16-7-13-10(15)8-2-1-3-9(12)6-8/h1-3,6,14H,4-5,7,11-12H2,(H,13,15). The molecule has 1 aromatic rings. The van der Waals surface area contributed by atoms with Crippen molar-refractivity contribution in [1.82, 2.24) is 10.8 Å². The third-order valence-electron chi connectivity index (χ3n) is 1.80. The zero-order valence-electron chi connectivity index (χ0n) is 8.90. The lowest BCUT2D eigenvalue weighted by Crippen LogP contribution is -2.32. The van der Waals surface area contributed by atoms with Gasteiger partial charge in [0.2, 0.25) is 0 Å². The van der Waals surface area contributed by atoms with Crippen molar-refractivity contribution in [2.45, 2.75) is 0 Å². The fourth-order valence-corrected chi connectivity index (χ4v) is 1.07. The molecule has 6 N–H and O–H groups in total. The van der Waals surface area contributed by atoms with Crippen LogP contribution >= 0.6 is 0 Å². The molecule has 0 aliphatic rings. The van der Waals surface area contributed by atoms with Crippen molar-refractivity contribution in [3.8, 4) is 0 Å². The number of hydroxylamine groups is 1. The third-order valence-corrected chi connectivity index (χ3v) is 1.80. The minimum Gasteiger partial charge on any atom is -0.399 e. The van der Waals surface area contributed by atoms with Gasteiger partial charge in [0, 0.05) is 24.3 Å². The van der Waals surface area contributed by atoms with E-state index in [-0.39, 0.29) is 12.6 Å². The van der Waals surface area contributed by atoms with E-state index in [1.54, 1.807) is 24.3 Å². The summed E-state index contributed by atoms with van der Waals surface area (Å²) in [7, 11) is 0. The molecule has 0 aromatic heterocycles. The molecule has 1 aromatic carbocycles. The van der Waals surface area contributed by atoms with Crippen LogP contribution in [-0.2, 0) is 4.84 Å². The van der Waals surface area contributed by atoms with Crippen LogP contribution in [0.2, 0.25) is 0 Å². The highest BCUT2D eigenvalue weighted by molar-refractivity contribution is 5.94. The third kappa shape index (κ3) is 4.26. The van der Waals surface area contributed by atoms with Gasteiger partial charge in [-0.25, -0.2) is 0 Å². The lowest BCUT2D eigenvalue weighted by atomic mass is 10.2. The van der Waals surface area contributed by atoms with Crippen molar-refractivity contribution in [1.29, 1.82) is 0 Å². The van der Waals surface area contributed by atoms with Gasteiger partial charge in [0.25, 0.3) is 5.91 Å². The summed E-state index contributed by atoms with van der Waals surface area (Å²) < 4.78 is 0. The van der Waals surface area contributed by atoms with Crippen LogP contribution in [-0.4, -0.2) is 25.7 Å². The molecule has 0 radical (unpaired) electrons. The number of hydrogen-bond donors (Lipinski definition) is 4. The maximum Gasteiger partial charge on any atom is 0.253 e. The Hall–Kier alpha value is -1.63. The summed E-state index contributed by atoms with van der Waals surface area (Å²) in [6, 6.07) is 6.72. The fourth-order valence-electron chi connectivity index (χ4n) is 1.07. The summed E-state index contributed by atoms with van der Waals surface area (Å²) in [5.41, 5.74) is 14.4. The topological polar surface area (TPSA) is 102 Å². The minimum absolute atomic E-state index is 0.0770. The van der Waals surface area contributed by atoms with Crippen LogP contribution in [0.25, 0.3) is 0 Å². The number of nitrogens with one attached hydrogen (secondary N) is 2. The van der Waals surface area contributed by atoms with Crippen LogP contribution in [0.5, 0.6) is 0 Å². The average Bonchev–Trinajstić information content (AvgIpc) is 2.28. The zero-order chi connectivity index (χ0) is 11.8. The molecule has 0 atom stereocenters. The van der Waals surface area contributed by atoms with E-state index in [1.807, 2.05) is 0 Å². The first-order valence-electron chi connectivity index (χ1n) is 4.92. The Morgan fingerprint density at radius 3 is 2.94 bits per heavy atom. The van der Waals surface area contributed by atoms with Crippen molar-refractivity contribution >= 4 is 11.6 Å². The lowest BCUT2D eigenvalue weighted by molar-refractivity contribution is 0.0290. The molecule has 6 nitrogen and oxygen atoms in total.